The van der Waals surface area contributed by atoms with Gasteiger partial charge in [-0.2, -0.15) is 0 Å². The fourth-order valence-electron chi connectivity index (χ4n) is 3.50. The van der Waals surface area contributed by atoms with E-state index in [-0.39, 0.29) is 30.1 Å². The van der Waals surface area contributed by atoms with Gasteiger partial charge in [0.2, 0.25) is 0 Å². The Morgan fingerprint density at radius 1 is 1.12 bits per heavy atom. The lowest BCUT2D eigenvalue weighted by molar-refractivity contribution is -0.142. The molecule has 3 N–H and O–H groups in total. The van der Waals surface area contributed by atoms with Crippen molar-refractivity contribution < 1.29 is 19.4 Å². The zero-order chi connectivity index (χ0) is 16.9. The Morgan fingerprint density at radius 2 is 1.88 bits per heavy atom. The molecule has 132 valence electrons. The smallest absolute Gasteiger partial charge is 0.315 e. The standard InChI is InChI=1S/C17H24N2O4S/c20-16(21)11-3-5-12(6-4-11)18-17(22)19-13-7-8-23-14(10-13)15-2-1-9-24-15/h1-2,9,11-14H,3-8,10H2,(H,20,21)(H2,18,19,22). The average Bonchev–Trinajstić information content (AvgIpc) is 3.10. The number of carboxylic acid groups (broad SMARTS) is 1. The molecule has 2 atom stereocenters. The minimum Gasteiger partial charge on any atom is -0.481 e. The second kappa shape index (κ2) is 7.98. The number of hydrogen-bond acceptors (Lipinski definition) is 4. The molecule has 0 aromatic carbocycles. The number of hydrogen-bond donors (Lipinski definition) is 3. The van der Waals surface area contributed by atoms with Crippen molar-refractivity contribution in [3.8, 4) is 0 Å². The summed E-state index contributed by atoms with van der Waals surface area (Å²) in [7, 11) is 0. The summed E-state index contributed by atoms with van der Waals surface area (Å²) in [4.78, 5) is 24.4. The van der Waals surface area contributed by atoms with Crippen LogP contribution in [-0.4, -0.2) is 35.8 Å². The maximum Gasteiger partial charge on any atom is 0.315 e. The minimum absolute atomic E-state index is 0.0649. The van der Waals surface area contributed by atoms with E-state index in [1.807, 2.05) is 11.4 Å². The third kappa shape index (κ3) is 4.48. The van der Waals surface area contributed by atoms with Crippen LogP contribution in [0.15, 0.2) is 17.5 Å². The minimum atomic E-state index is -0.722. The SMILES string of the molecule is O=C(NC1CCC(C(=O)O)CC1)NC1CCOC(c2cccs2)C1. The van der Waals surface area contributed by atoms with Crippen molar-refractivity contribution in [1.82, 2.24) is 10.6 Å². The Kier molecular flexibility index (Phi) is 5.73. The predicted octanol–water partition coefficient (Wildman–Crippen LogP) is 2.91. The van der Waals surface area contributed by atoms with Crippen LogP contribution in [0.3, 0.4) is 0 Å². The van der Waals surface area contributed by atoms with Gasteiger partial charge in [-0.15, -0.1) is 11.3 Å². The van der Waals surface area contributed by atoms with E-state index in [0.29, 0.717) is 19.4 Å². The van der Waals surface area contributed by atoms with Crippen LogP contribution in [0, 0.1) is 5.92 Å². The van der Waals surface area contributed by atoms with Crippen LogP contribution in [0.4, 0.5) is 4.79 Å². The zero-order valence-corrected chi connectivity index (χ0v) is 14.4. The van der Waals surface area contributed by atoms with Crippen molar-refractivity contribution in [2.45, 2.75) is 56.7 Å². The van der Waals surface area contributed by atoms with Gasteiger partial charge in [0.15, 0.2) is 0 Å². The zero-order valence-electron chi connectivity index (χ0n) is 13.6. The number of urea groups is 1. The molecule has 0 radical (unpaired) electrons. The molecule has 2 amide bonds. The van der Waals surface area contributed by atoms with Crippen molar-refractivity contribution in [2.24, 2.45) is 5.92 Å². The number of amides is 2. The number of ether oxygens (including phenoxy) is 1. The van der Waals surface area contributed by atoms with Gasteiger partial charge in [-0.1, -0.05) is 6.07 Å². The third-order valence-electron chi connectivity index (χ3n) is 4.89. The average molecular weight is 352 g/mol. The van der Waals surface area contributed by atoms with Crippen LogP contribution in [-0.2, 0) is 9.53 Å². The second-order valence-corrected chi connectivity index (χ2v) is 7.58. The molecular weight excluding hydrogens is 328 g/mol. The Morgan fingerprint density at radius 3 is 2.54 bits per heavy atom. The highest BCUT2D eigenvalue weighted by atomic mass is 32.1. The lowest BCUT2D eigenvalue weighted by Gasteiger charge is -2.31. The highest BCUT2D eigenvalue weighted by molar-refractivity contribution is 7.10. The number of rotatable bonds is 4. The van der Waals surface area contributed by atoms with E-state index < -0.39 is 5.97 Å². The van der Waals surface area contributed by atoms with Crippen LogP contribution in [0.2, 0.25) is 0 Å². The van der Waals surface area contributed by atoms with Gasteiger partial charge < -0.3 is 20.5 Å². The monoisotopic (exact) mass is 352 g/mol. The number of nitrogens with one attached hydrogen (secondary N) is 2. The molecule has 0 spiro atoms. The third-order valence-corrected chi connectivity index (χ3v) is 5.86. The summed E-state index contributed by atoms with van der Waals surface area (Å²) in [5.74, 6) is -0.979. The highest BCUT2D eigenvalue weighted by Gasteiger charge is 2.29. The van der Waals surface area contributed by atoms with E-state index >= 15 is 0 Å². The quantitative estimate of drug-likeness (QED) is 0.777. The number of carbonyl (C=O) groups is 2. The van der Waals surface area contributed by atoms with Crippen molar-refractivity contribution in [3.05, 3.63) is 22.4 Å². The van der Waals surface area contributed by atoms with Crippen molar-refractivity contribution in [2.75, 3.05) is 6.61 Å². The summed E-state index contributed by atoms with van der Waals surface area (Å²) >= 11 is 1.68. The largest absolute Gasteiger partial charge is 0.481 e. The van der Waals surface area contributed by atoms with E-state index in [1.165, 1.54) is 4.88 Å². The topological polar surface area (TPSA) is 87.7 Å². The van der Waals surface area contributed by atoms with Crippen molar-refractivity contribution in [3.63, 3.8) is 0 Å². The van der Waals surface area contributed by atoms with Crippen molar-refractivity contribution >= 4 is 23.3 Å². The second-order valence-electron chi connectivity index (χ2n) is 6.60. The molecule has 24 heavy (non-hydrogen) atoms. The number of thiophene rings is 1. The van der Waals surface area contributed by atoms with Gasteiger partial charge in [-0.3, -0.25) is 4.79 Å². The maximum absolute atomic E-state index is 12.2. The number of carbonyl (C=O) groups excluding carboxylic acids is 1. The Bertz CT molecular complexity index is 555. The lowest BCUT2D eigenvalue weighted by Crippen LogP contribution is -2.49. The predicted molar refractivity (Wildman–Crippen MR) is 91.1 cm³/mol. The molecule has 2 unspecified atom stereocenters. The van der Waals surface area contributed by atoms with Crippen LogP contribution in [0.5, 0.6) is 0 Å². The summed E-state index contributed by atoms with van der Waals surface area (Å²) in [5, 5.41) is 17.1. The molecule has 3 rings (SSSR count). The summed E-state index contributed by atoms with van der Waals surface area (Å²) < 4.78 is 5.80. The normalized spacial score (nSPS) is 30.5. The molecule has 1 aliphatic heterocycles. The van der Waals surface area contributed by atoms with E-state index in [1.54, 1.807) is 11.3 Å². The van der Waals surface area contributed by atoms with Gasteiger partial charge in [-0.25, -0.2) is 4.79 Å². The molecule has 7 heteroatoms. The molecule has 2 fully saturated rings. The first-order chi connectivity index (χ1) is 11.6. The summed E-state index contributed by atoms with van der Waals surface area (Å²) in [6, 6.07) is 4.12. The van der Waals surface area contributed by atoms with Gasteiger partial charge in [0, 0.05) is 23.6 Å². The first-order valence-corrected chi connectivity index (χ1v) is 9.44. The van der Waals surface area contributed by atoms with Gasteiger partial charge in [0.25, 0.3) is 0 Å². The molecule has 1 aromatic rings. The van der Waals surface area contributed by atoms with Crippen molar-refractivity contribution in [1.29, 1.82) is 0 Å². The summed E-state index contributed by atoms with van der Waals surface area (Å²) in [5.41, 5.74) is 0. The first kappa shape index (κ1) is 17.2. The summed E-state index contributed by atoms with van der Waals surface area (Å²) in [6.07, 6.45) is 4.41. The molecule has 1 aliphatic carbocycles. The molecule has 1 saturated heterocycles. The lowest BCUT2D eigenvalue weighted by atomic mass is 9.86. The van der Waals surface area contributed by atoms with Gasteiger partial charge in [-0.05, 0) is 50.0 Å². The fourth-order valence-corrected chi connectivity index (χ4v) is 4.29. The Balaban J connectivity index is 1.43. The van der Waals surface area contributed by atoms with Gasteiger partial charge >= 0.3 is 12.0 Å². The van der Waals surface area contributed by atoms with Crippen LogP contribution in [0.25, 0.3) is 0 Å². The van der Waals surface area contributed by atoms with E-state index in [9.17, 15) is 9.59 Å². The molecular formula is C17H24N2O4S. The molecule has 6 nitrogen and oxygen atoms in total. The highest BCUT2D eigenvalue weighted by Crippen LogP contribution is 2.31. The molecule has 1 aromatic heterocycles. The molecule has 2 aliphatic rings. The van der Waals surface area contributed by atoms with Crippen LogP contribution < -0.4 is 10.6 Å². The Labute approximate surface area is 145 Å². The fraction of sp³-hybridized carbons (Fsp3) is 0.647. The van der Waals surface area contributed by atoms with Crippen LogP contribution in [0.1, 0.15) is 49.5 Å². The van der Waals surface area contributed by atoms with Crippen LogP contribution >= 0.6 is 11.3 Å². The maximum atomic E-state index is 12.2. The van der Waals surface area contributed by atoms with E-state index in [4.69, 9.17) is 9.84 Å². The summed E-state index contributed by atoms with van der Waals surface area (Å²) in [6.45, 7) is 0.650. The van der Waals surface area contributed by atoms with Gasteiger partial charge in [0.1, 0.15) is 0 Å². The molecule has 0 bridgehead atoms. The van der Waals surface area contributed by atoms with Gasteiger partial charge in [0.05, 0.1) is 12.0 Å². The molecule has 2 heterocycles. The first-order valence-electron chi connectivity index (χ1n) is 8.56. The molecule has 1 saturated carbocycles. The number of aliphatic carboxylic acids is 1. The van der Waals surface area contributed by atoms with E-state index in [2.05, 4.69) is 16.7 Å². The van der Waals surface area contributed by atoms with E-state index in [0.717, 1.165) is 25.7 Å². The Hall–Kier alpha value is -1.60. The number of carboxylic acids is 1.